The maximum Gasteiger partial charge on any atom is 0.240 e. The molecule has 1 heterocycles. The van der Waals surface area contributed by atoms with Crippen LogP contribution in [0.4, 0.5) is 4.39 Å². The number of nitrogens with zero attached hydrogens (tertiary/aromatic N) is 1. The number of rotatable bonds is 6. The van der Waals surface area contributed by atoms with Gasteiger partial charge in [0.1, 0.15) is 5.82 Å². The van der Waals surface area contributed by atoms with Crippen LogP contribution in [-0.2, 0) is 32.3 Å². The first kappa shape index (κ1) is 22.2. The van der Waals surface area contributed by atoms with E-state index in [1.165, 1.54) is 23.1 Å². The van der Waals surface area contributed by atoms with Crippen LogP contribution in [0.3, 0.4) is 0 Å². The normalized spacial score (nSPS) is 18.1. The molecule has 30 heavy (non-hydrogen) atoms. The third-order valence-corrected chi connectivity index (χ3v) is 7.28. The zero-order valence-electron chi connectivity index (χ0n) is 16.2. The predicted octanol–water partition coefficient (Wildman–Crippen LogP) is 2.01. The molecule has 0 saturated carbocycles. The predicted molar refractivity (Wildman–Crippen MR) is 112 cm³/mol. The van der Waals surface area contributed by atoms with Crippen molar-refractivity contribution in [3.05, 3.63) is 70.5 Å². The van der Waals surface area contributed by atoms with Crippen molar-refractivity contribution in [3.8, 4) is 0 Å². The van der Waals surface area contributed by atoms with Crippen LogP contribution in [0.1, 0.15) is 11.1 Å². The second-order valence-corrected chi connectivity index (χ2v) is 9.86. The zero-order valence-corrected chi connectivity index (χ0v) is 17.8. The Morgan fingerprint density at radius 3 is 2.57 bits per heavy atom. The second kappa shape index (κ2) is 9.57. The van der Waals surface area contributed by atoms with Gasteiger partial charge in [-0.15, -0.1) is 0 Å². The minimum atomic E-state index is -3.65. The summed E-state index contributed by atoms with van der Waals surface area (Å²) in [6.45, 7) is 0.119. The first-order valence-electron chi connectivity index (χ1n) is 9.51. The van der Waals surface area contributed by atoms with E-state index in [1.807, 2.05) is 30.3 Å². The Morgan fingerprint density at radius 2 is 1.87 bits per heavy atom. The van der Waals surface area contributed by atoms with E-state index in [1.54, 1.807) is 0 Å². The Labute approximate surface area is 179 Å². The quantitative estimate of drug-likeness (QED) is 0.726. The van der Waals surface area contributed by atoms with E-state index in [0.29, 0.717) is 18.5 Å². The fraction of sp³-hybridized carbons (Fsp3) is 0.333. The van der Waals surface area contributed by atoms with Crippen molar-refractivity contribution in [2.45, 2.75) is 18.1 Å². The van der Waals surface area contributed by atoms with Crippen molar-refractivity contribution in [2.24, 2.45) is 0 Å². The van der Waals surface area contributed by atoms with Gasteiger partial charge in [-0.3, -0.25) is 9.59 Å². The zero-order chi connectivity index (χ0) is 21.7. The molecule has 2 amide bonds. The molecule has 2 aromatic carbocycles. The molecule has 1 atom stereocenters. The molecule has 2 aromatic rings. The summed E-state index contributed by atoms with van der Waals surface area (Å²) in [6, 6.07) is 13.5. The smallest absolute Gasteiger partial charge is 0.240 e. The lowest BCUT2D eigenvalue weighted by Gasteiger charge is -2.32. The van der Waals surface area contributed by atoms with Crippen LogP contribution in [0.15, 0.2) is 48.5 Å². The Kier molecular flexibility index (Phi) is 7.10. The first-order chi connectivity index (χ1) is 14.3. The maximum atomic E-state index is 13.3. The number of nitrogens with one attached hydrogen (secondary N) is 1. The van der Waals surface area contributed by atoms with E-state index in [9.17, 15) is 22.4 Å². The Hall–Kier alpha value is -2.45. The summed E-state index contributed by atoms with van der Waals surface area (Å²) in [5, 5.41) is 1.28. The standard InChI is InChI=1S/C21H22ClFN2O4S/c22-17-12-16(6-7-18(17)23)13-20(26)25-10-11-30(28,29)19(14-25)21(27)24-9-8-15-4-2-1-3-5-15/h1-7,12,19H,8-11,13-14H2,(H,24,27). The summed E-state index contributed by atoms with van der Waals surface area (Å²) in [5.41, 5.74) is 1.54. The number of hydrogen-bond acceptors (Lipinski definition) is 4. The summed E-state index contributed by atoms with van der Waals surface area (Å²) in [4.78, 5) is 26.5. The molecule has 1 unspecified atom stereocenters. The van der Waals surface area contributed by atoms with E-state index >= 15 is 0 Å². The molecule has 160 valence electrons. The number of hydrogen-bond donors (Lipinski definition) is 1. The Morgan fingerprint density at radius 1 is 1.13 bits per heavy atom. The van der Waals surface area contributed by atoms with Crippen molar-refractivity contribution in [3.63, 3.8) is 0 Å². The van der Waals surface area contributed by atoms with Crippen LogP contribution < -0.4 is 5.32 Å². The first-order valence-corrected chi connectivity index (χ1v) is 11.6. The highest BCUT2D eigenvalue weighted by atomic mass is 35.5. The molecule has 6 nitrogen and oxygen atoms in total. The molecule has 9 heteroatoms. The highest BCUT2D eigenvalue weighted by Crippen LogP contribution is 2.18. The van der Waals surface area contributed by atoms with Crippen LogP contribution >= 0.6 is 11.6 Å². The Balaban J connectivity index is 1.60. The maximum absolute atomic E-state index is 13.3. The molecule has 0 spiro atoms. The van der Waals surface area contributed by atoms with Gasteiger partial charge in [0.15, 0.2) is 15.1 Å². The Bertz CT molecular complexity index is 1030. The summed E-state index contributed by atoms with van der Waals surface area (Å²) in [6.07, 6.45) is 0.524. The van der Waals surface area contributed by atoms with Crippen LogP contribution in [0.5, 0.6) is 0 Å². The van der Waals surface area contributed by atoms with Crippen molar-refractivity contribution in [1.82, 2.24) is 10.2 Å². The van der Waals surface area contributed by atoms with Gasteiger partial charge in [-0.2, -0.15) is 0 Å². The molecule has 1 N–H and O–H groups in total. The van der Waals surface area contributed by atoms with E-state index in [-0.39, 0.29) is 36.2 Å². The van der Waals surface area contributed by atoms with Crippen molar-refractivity contribution >= 4 is 33.3 Å². The largest absolute Gasteiger partial charge is 0.355 e. The SMILES string of the molecule is O=C(NCCc1ccccc1)C1CN(C(=O)Cc2ccc(F)c(Cl)c2)CCS1(=O)=O. The molecule has 3 rings (SSSR count). The van der Waals surface area contributed by atoms with Gasteiger partial charge in [0, 0.05) is 19.6 Å². The highest BCUT2D eigenvalue weighted by Gasteiger charge is 2.39. The van der Waals surface area contributed by atoms with Gasteiger partial charge in [-0.25, -0.2) is 12.8 Å². The molecule has 1 saturated heterocycles. The number of sulfone groups is 1. The number of halogens is 2. The van der Waals surface area contributed by atoms with Gasteiger partial charge in [-0.1, -0.05) is 48.0 Å². The number of carbonyl (C=O) groups is 2. The molecule has 0 aromatic heterocycles. The number of carbonyl (C=O) groups excluding carboxylic acids is 2. The van der Waals surface area contributed by atoms with Crippen LogP contribution in [-0.4, -0.2) is 55.8 Å². The molecule has 0 bridgehead atoms. The van der Waals surface area contributed by atoms with Gasteiger partial charge < -0.3 is 10.2 Å². The van der Waals surface area contributed by atoms with Gasteiger partial charge in [0.05, 0.1) is 17.2 Å². The van der Waals surface area contributed by atoms with Crippen LogP contribution in [0, 0.1) is 5.82 Å². The number of amides is 2. The monoisotopic (exact) mass is 452 g/mol. The summed E-state index contributed by atoms with van der Waals surface area (Å²) in [7, 11) is -3.65. The second-order valence-electron chi connectivity index (χ2n) is 7.15. The van der Waals surface area contributed by atoms with Gasteiger partial charge in [0.25, 0.3) is 0 Å². The minimum Gasteiger partial charge on any atom is -0.355 e. The van der Waals surface area contributed by atoms with E-state index in [0.717, 1.165) is 5.56 Å². The van der Waals surface area contributed by atoms with E-state index in [2.05, 4.69) is 5.32 Å². The van der Waals surface area contributed by atoms with E-state index in [4.69, 9.17) is 11.6 Å². The lowest BCUT2D eigenvalue weighted by atomic mass is 10.1. The van der Waals surface area contributed by atoms with Gasteiger partial charge >= 0.3 is 0 Å². The molecule has 0 aliphatic carbocycles. The minimum absolute atomic E-state index is 0.0177. The third-order valence-electron chi connectivity index (χ3n) is 5.01. The van der Waals surface area contributed by atoms with Crippen molar-refractivity contribution in [1.29, 1.82) is 0 Å². The van der Waals surface area contributed by atoms with E-state index < -0.39 is 26.8 Å². The molecule has 1 fully saturated rings. The summed E-state index contributed by atoms with van der Waals surface area (Å²) < 4.78 is 38.1. The molecule has 1 aliphatic rings. The average Bonchev–Trinajstić information content (AvgIpc) is 2.71. The topological polar surface area (TPSA) is 83.6 Å². The lowest BCUT2D eigenvalue weighted by Crippen LogP contribution is -2.55. The average molecular weight is 453 g/mol. The third kappa shape index (κ3) is 5.58. The molecular formula is C21H22ClFN2O4S. The highest BCUT2D eigenvalue weighted by molar-refractivity contribution is 7.92. The number of benzene rings is 2. The van der Waals surface area contributed by atoms with Crippen molar-refractivity contribution < 1.29 is 22.4 Å². The fourth-order valence-corrected chi connectivity index (χ4v) is 5.06. The molecule has 0 radical (unpaired) electrons. The molecule has 1 aliphatic heterocycles. The lowest BCUT2D eigenvalue weighted by molar-refractivity contribution is -0.131. The van der Waals surface area contributed by atoms with Gasteiger partial charge in [-0.05, 0) is 29.7 Å². The fourth-order valence-electron chi connectivity index (χ4n) is 3.28. The van der Waals surface area contributed by atoms with Crippen LogP contribution in [0.2, 0.25) is 5.02 Å². The summed E-state index contributed by atoms with van der Waals surface area (Å²) >= 11 is 5.75. The van der Waals surface area contributed by atoms with Gasteiger partial charge in [0.2, 0.25) is 11.8 Å². The van der Waals surface area contributed by atoms with Crippen LogP contribution in [0.25, 0.3) is 0 Å². The molecular weight excluding hydrogens is 431 g/mol. The van der Waals surface area contributed by atoms with Crippen molar-refractivity contribution in [2.75, 3.05) is 25.4 Å². The summed E-state index contributed by atoms with van der Waals surface area (Å²) in [5.74, 6) is -1.80.